The number of pyridine rings is 1. The summed E-state index contributed by atoms with van der Waals surface area (Å²) in [6.45, 7) is 3.98. The van der Waals surface area contributed by atoms with Gasteiger partial charge in [0.1, 0.15) is 0 Å². The molecular weight excluding hydrogens is 310 g/mol. The third-order valence-electron chi connectivity index (χ3n) is 4.23. The second-order valence-electron chi connectivity index (χ2n) is 6.51. The second kappa shape index (κ2) is 10.6. The van der Waals surface area contributed by atoms with Crippen molar-refractivity contribution in [3.63, 3.8) is 0 Å². The number of hydrogen-bond acceptors (Lipinski definition) is 3. The molecule has 0 aliphatic carbocycles. The van der Waals surface area contributed by atoms with Gasteiger partial charge in [0, 0.05) is 19.2 Å². The highest BCUT2D eigenvalue weighted by Gasteiger charge is 2.15. The minimum absolute atomic E-state index is 0.194. The Labute approximate surface area is 151 Å². The molecule has 1 aromatic carbocycles. The van der Waals surface area contributed by atoms with E-state index in [2.05, 4.69) is 30.1 Å². The number of nitrogens with zero attached hydrogens (tertiary/aromatic N) is 2. The van der Waals surface area contributed by atoms with Crippen LogP contribution in [-0.2, 0) is 17.9 Å². The summed E-state index contributed by atoms with van der Waals surface area (Å²) in [5.41, 5.74) is 8.82. The number of nitrogens with two attached hydrogens (primary N) is 1. The minimum atomic E-state index is 0.194. The average molecular weight is 339 g/mol. The molecule has 25 heavy (non-hydrogen) atoms. The largest absolute Gasteiger partial charge is 0.332 e. The van der Waals surface area contributed by atoms with E-state index in [1.807, 2.05) is 29.2 Å². The molecule has 4 nitrogen and oxygen atoms in total. The van der Waals surface area contributed by atoms with E-state index in [0.717, 1.165) is 43.5 Å². The van der Waals surface area contributed by atoms with E-state index < -0.39 is 0 Å². The topological polar surface area (TPSA) is 59.2 Å². The van der Waals surface area contributed by atoms with Crippen LogP contribution in [0.15, 0.2) is 48.7 Å². The summed E-state index contributed by atoms with van der Waals surface area (Å²) in [6.07, 6.45) is 6.48. The molecule has 2 aromatic rings. The molecule has 0 radical (unpaired) electrons. The molecule has 2 N–H and O–H groups in total. The van der Waals surface area contributed by atoms with E-state index in [-0.39, 0.29) is 5.91 Å². The van der Waals surface area contributed by atoms with Crippen LogP contribution in [-0.4, -0.2) is 22.3 Å². The van der Waals surface area contributed by atoms with Crippen molar-refractivity contribution in [1.82, 2.24) is 9.88 Å². The molecule has 1 amide bonds. The van der Waals surface area contributed by atoms with E-state index in [9.17, 15) is 4.79 Å². The Morgan fingerprint density at radius 2 is 1.88 bits per heavy atom. The standard InChI is InChI=1S/C21H29N3O/c1-18-9-8-10-19(15-18)16-24(17-20-11-5-7-14-23-20)21(25)12-4-2-3-6-13-22/h5,7-11,14-15H,2-4,6,12-13,16-17,22H2,1H3. The molecule has 0 bridgehead atoms. The Hall–Kier alpha value is -2.20. The average Bonchev–Trinajstić information content (AvgIpc) is 2.62. The van der Waals surface area contributed by atoms with Gasteiger partial charge in [-0.3, -0.25) is 9.78 Å². The molecule has 134 valence electrons. The zero-order valence-electron chi connectivity index (χ0n) is 15.2. The maximum absolute atomic E-state index is 12.7. The fraction of sp³-hybridized carbons (Fsp3) is 0.429. The summed E-state index contributed by atoms with van der Waals surface area (Å²) in [4.78, 5) is 19.0. The van der Waals surface area contributed by atoms with Crippen molar-refractivity contribution in [3.8, 4) is 0 Å². The maximum Gasteiger partial charge on any atom is 0.223 e. The van der Waals surface area contributed by atoms with E-state index in [0.29, 0.717) is 19.5 Å². The number of amides is 1. The number of rotatable bonds is 10. The van der Waals surface area contributed by atoms with Crippen molar-refractivity contribution in [2.45, 2.75) is 52.1 Å². The highest BCUT2D eigenvalue weighted by molar-refractivity contribution is 5.76. The predicted molar refractivity (Wildman–Crippen MR) is 102 cm³/mol. The fourth-order valence-corrected chi connectivity index (χ4v) is 2.88. The van der Waals surface area contributed by atoms with Crippen molar-refractivity contribution in [2.75, 3.05) is 6.54 Å². The Morgan fingerprint density at radius 3 is 2.60 bits per heavy atom. The number of benzene rings is 1. The Morgan fingerprint density at radius 1 is 1.04 bits per heavy atom. The lowest BCUT2D eigenvalue weighted by Gasteiger charge is -2.23. The fourth-order valence-electron chi connectivity index (χ4n) is 2.88. The first-order chi connectivity index (χ1) is 12.2. The van der Waals surface area contributed by atoms with Gasteiger partial charge in [-0.05, 0) is 44.0 Å². The molecule has 0 atom stereocenters. The lowest BCUT2D eigenvalue weighted by atomic mass is 10.1. The number of hydrogen-bond donors (Lipinski definition) is 1. The van der Waals surface area contributed by atoms with Crippen LogP contribution in [0.5, 0.6) is 0 Å². The molecular formula is C21H29N3O. The number of carbonyl (C=O) groups excluding carboxylic acids is 1. The van der Waals surface area contributed by atoms with Crippen LogP contribution in [0.3, 0.4) is 0 Å². The number of carbonyl (C=O) groups is 1. The van der Waals surface area contributed by atoms with Gasteiger partial charge in [0.15, 0.2) is 0 Å². The van der Waals surface area contributed by atoms with E-state index >= 15 is 0 Å². The number of unbranched alkanes of at least 4 members (excludes halogenated alkanes) is 3. The van der Waals surface area contributed by atoms with Crippen molar-refractivity contribution in [2.24, 2.45) is 5.73 Å². The van der Waals surface area contributed by atoms with Gasteiger partial charge >= 0.3 is 0 Å². The van der Waals surface area contributed by atoms with Crippen LogP contribution in [0.25, 0.3) is 0 Å². The zero-order chi connectivity index (χ0) is 17.9. The summed E-state index contributed by atoms with van der Waals surface area (Å²) < 4.78 is 0. The molecule has 4 heteroatoms. The van der Waals surface area contributed by atoms with Gasteiger partial charge < -0.3 is 10.6 Å². The van der Waals surface area contributed by atoms with Crippen LogP contribution in [0, 0.1) is 6.92 Å². The molecule has 0 saturated heterocycles. The molecule has 1 aromatic heterocycles. The Balaban J connectivity index is 1.99. The molecule has 0 spiro atoms. The van der Waals surface area contributed by atoms with Crippen molar-refractivity contribution >= 4 is 5.91 Å². The number of aromatic nitrogens is 1. The smallest absolute Gasteiger partial charge is 0.223 e. The lowest BCUT2D eigenvalue weighted by Crippen LogP contribution is -2.30. The molecule has 0 aliphatic heterocycles. The second-order valence-corrected chi connectivity index (χ2v) is 6.51. The van der Waals surface area contributed by atoms with Crippen LogP contribution in [0.4, 0.5) is 0 Å². The third kappa shape index (κ3) is 7.06. The maximum atomic E-state index is 12.7. The van der Waals surface area contributed by atoms with Gasteiger partial charge in [-0.15, -0.1) is 0 Å². The van der Waals surface area contributed by atoms with Gasteiger partial charge in [0.05, 0.1) is 12.2 Å². The van der Waals surface area contributed by atoms with Gasteiger partial charge in [-0.25, -0.2) is 0 Å². The first kappa shape index (κ1) is 19.1. The third-order valence-corrected chi connectivity index (χ3v) is 4.23. The van der Waals surface area contributed by atoms with Crippen LogP contribution < -0.4 is 5.73 Å². The van der Waals surface area contributed by atoms with Crippen molar-refractivity contribution in [3.05, 3.63) is 65.5 Å². The zero-order valence-corrected chi connectivity index (χ0v) is 15.2. The summed E-state index contributed by atoms with van der Waals surface area (Å²) in [6, 6.07) is 14.2. The van der Waals surface area contributed by atoms with Crippen LogP contribution in [0.1, 0.15) is 48.9 Å². The Bertz CT molecular complexity index is 643. The molecule has 2 rings (SSSR count). The summed E-state index contributed by atoms with van der Waals surface area (Å²) >= 11 is 0. The van der Waals surface area contributed by atoms with Gasteiger partial charge in [-0.1, -0.05) is 48.7 Å². The summed E-state index contributed by atoms with van der Waals surface area (Å²) in [5, 5.41) is 0. The summed E-state index contributed by atoms with van der Waals surface area (Å²) in [7, 11) is 0. The van der Waals surface area contributed by atoms with Crippen molar-refractivity contribution in [1.29, 1.82) is 0 Å². The molecule has 0 saturated carbocycles. The molecule has 0 aliphatic rings. The molecule has 0 unspecified atom stereocenters. The Kier molecular flexibility index (Phi) is 8.13. The predicted octanol–water partition coefficient (Wildman–Crippen LogP) is 3.83. The SMILES string of the molecule is Cc1cccc(CN(Cc2ccccn2)C(=O)CCCCCCN)c1. The highest BCUT2D eigenvalue weighted by atomic mass is 16.2. The van der Waals surface area contributed by atoms with E-state index in [1.54, 1.807) is 6.20 Å². The van der Waals surface area contributed by atoms with E-state index in [1.165, 1.54) is 5.56 Å². The minimum Gasteiger partial charge on any atom is -0.332 e. The van der Waals surface area contributed by atoms with Gasteiger partial charge in [0.2, 0.25) is 5.91 Å². The molecule has 0 fully saturated rings. The van der Waals surface area contributed by atoms with Crippen molar-refractivity contribution < 1.29 is 4.79 Å². The molecule has 1 heterocycles. The summed E-state index contributed by atoms with van der Waals surface area (Å²) in [5.74, 6) is 0.194. The highest BCUT2D eigenvalue weighted by Crippen LogP contribution is 2.13. The van der Waals surface area contributed by atoms with E-state index in [4.69, 9.17) is 5.73 Å². The first-order valence-electron chi connectivity index (χ1n) is 9.12. The first-order valence-corrected chi connectivity index (χ1v) is 9.12. The lowest BCUT2D eigenvalue weighted by molar-refractivity contribution is -0.132. The monoisotopic (exact) mass is 339 g/mol. The quantitative estimate of drug-likeness (QED) is 0.669. The normalized spacial score (nSPS) is 10.6. The van der Waals surface area contributed by atoms with Gasteiger partial charge in [-0.2, -0.15) is 0 Å². The number of aryl methyl sites for hydroxylation is 1. The van der Waals surface area contributed by atoms with Crippen LogP contribution in [0.2, 0.25) is 0 Å². The van der Waals surface area contributed by atoms with Crippen LogP contribution >= 0.6 is 0 Å². The van der Waals surface area contributed by atoms with Gasteiger partial charge in [0.25, 0.3) is 0 Å².